The van der Waals surface area contributed by atoms with Crippen LogP contribution in [0.1, 0.15) is 46.0 Å². The summed E-state index contributed by atoms with van der Waals surface area (Å²) in [7, 11) is 0. The van der Waals surface area contributed by atoms with E-state index < -0.39 is 0 Å². The van der Waals surface area contributed by atoms with Crippen LogP contribution in [0.25, 0.3) is 0 Å². The van der Waals surface area contributed by atoms with Crippen LogP contribution in [0.15, 0.2) is 0 Å². The first-order valence-electron chi connectivity index (χ1n) is 8.38. The van der Waals surface area contributed by atoms with Gasteiger partial charge in [-0.1, -0.05) is 0 Å². The molecule has 1 amide bonds. The van der Waals surface area contributed by atoms with Crippen LogP contribution in [0.5, 0.6) is 0 Å². The fourth-order valence-electron chi connectivity index (χ4n) is 3.27. The van der Waals surface area contributed by atoms with E-state index in [9.17, 15) is 4.79 Å². The number of carbonyl (C=O) groups is 1. The molecule has 1 N–H and O–H groups in total. The summed E-state index contributed by atoms with van der Waals surface area (Å²) in [5, 5.41) is 3.01. The number of hydrogen-bond donors (Lipinski definition) is 1. The van der Waals surface area contributed by atoms with Gasteiger partial charge in [0.1, 0.15) is 0 Å². The van der Waals surface area contributed by atoms with Crippen LogP contribution in [0.2, 0.25) is 0 Å². The van der Waals surface area contributed by atoms with Crippen LogP contribution in [0.3, 0.4) is 0 Å². The molecule has 0 aliphatic carbocycles. The molecule has 0 unspecified atom stereocenters. The lowest BCUT2D eigenvalue weighted by atomic mass is 9.90. The smallest absolute Gasteiger partial charge is 0.217 e. The van der Waals surface area contributed by atoms with Gasteiger partial charge in [-0.2, -0.15) is 0 Å². The molecule has 0 aromatic carbocycles. The highest BCUT2D eigenvalue weighted by Crippen LogP contribution is 2.20. The van der Waals surface area contributed by atoms with Gasteiger partial charge >= 0.3 is 0 Å². The van der Waals surface area contributed by atoms with E-state index in [0.717, 1.165) is 52.1 Å². The number of nitrogens with zero attached hydrogens (tertiary/aromatic N) is 1. The SMILES string of the molecule is CC(=O)N[C@H](C)C1CCN(CCO[C@H]2CCCCO2)CC1. The van der Waals surface area contributed by atoms with E-state index in [1.54, 1.807) is 6.92 Å². The van der Waals surface area contributed by atoms with Crippen molar-refractivity contribution in [2.45, 2.75) is 58.3 Å². The van der Waals surface area contributed by atoms with Crippen molar-refractivity contribution in [3.63, 3.8) is 0 Å². The summed E-state index contributed by atoms with van der Waals surface area (Å²) < 4.78 is 11.4. The first kappa shape index (κ1) is 16.7. The maximum atomic E-state index is 11.1. The van der Waals surface area contributed by atoms with Gasteiger partial charge in [-0.05, 0) is 58.0 Å². The van der Waals surface area contributed by atoms with Crippen molar-refractivity contribution in [2.75, 3.05) is 32.8 Å². The van der Waals surface area contributed by atoms with Crippen molar-refractivity contribution in [2.24, 2.45) is 5.92 Å². The fourth-order valence-corrected chi connectivity index (χ4v) is 3.27. The second-order valence-corrected chi connectivity index (χ2v) is 6.34. The van der Waals surface area contributed by atoms with Gasteiger partial charge in [-0.25, -0.2) is 0 Å². The van der Waals surface area contributed by atoms with Crippen molar-refractivity contribution in [3.05, 3.63) is 0 Å². The standard InChI is InChI=1S/C16H30N2O3/c1-13(17-14(2)19)15-6-8-18(9-7-15)10-12-21-16-5-3-4-11-20-16/h13,15-16H,3-12H2,1-2H3,(H,17,19)/t13-,16+/m1/s1. The van der Waals surface area contributed by atoms with Crippen LogP contribution in [0, 0.1) is 5.92 Å². The number of rotatable bonds is 6. The Morgan fingerprint density at radius 3 is 2.71 bits per heavy atom. The quantitative estimate of drug-likeness (QED) is 0.812. The van der Waals surface area contributed by atoms with E-state index >= 15 is 0 Å². The molecular weight excluding hydrogens is 268 g/mol. The minimum atomic E-state index is 0.0241. The lowest BCUT2D eigenvalue weighted by Gasteiger charge is -2.35. The Morgan fingerprint density at radius 1 is 1.33 bits per heavy atom. The molecular formula is C16H30N2O3. The second-order valence-electron chi connectivity index (χ2n) is 6.34. The van der Waals surface area contributed by atoms with Crippen LogP contribution in [0.4, 0.5) is 0 Å². The molecule has 0 bridgehead atoms. The Bertz CT molecular complexity index is 311. The lowest BCUT2D eigenvalue weighted by molar-refractivity contribution is -0.164. The molecule has 0 saturated carbocycles. The highest BCUT2D eigenvalue weighted by Gasteiger charge is 2.24. The molecule has 122 valence electrons. The van der Waals surface area contributed by atoms with Crippen molar-refractivity contribution in [1.29, 1.82) is 0 Å². The van der Waals surface area contributed by atoms with Crippen molar-refractivity contribution < 1.29 is 14.3 Å². The minimum absolute atomic E-state index is 0.0241. The predicted molar refractivity (Wildman–Crippen MR) is 82.0 cm³/mol. The lowest BCUT2D eigenvalue weighted by Crippen LogP contribution is -2.44. The van der Waals surface area contributed by atoms with Crippen LogP contribution in [-0.2, 0) is 14.3 Å². The van der Waals surface area contributed by atoms with E-state index in [2.05, 4.69) is 17.1 Å². The van der Waals surface area contributed by atoms with Gasteiger partial charge in [0.2, 0.25) is 5.91 Å². The fraction of sp³-hybridized carbons (Fsp3) is 0.938. The molecule has 5 nitrogen and oxygen atoms in total. The number of ether oxygens (including phenoxy) is 2. The molecule has 0 aromatic heterocycles. The molecule has 2 fully saturated rings. The van der Waals surface area contributed by atoms with Gasteiger partial charge in [-0.3, -0.25) is 4.79 Å². The molecule has 0 aromatic rings. The normalized spacial score (nSPS) is 26.5. The van der Waals surface area contributed by atoms with Gasteiger partial charge in [0.25, 0.3) is 0 Å². The monoisotopic (exact) mass is 298 g/mol. The summed E-state index contributed by atoms with van der Waals surface area (Å²) in [6.45, 7) is 8.50. The highest BCUT2D eigenvalue weighted by atomic mass is 16.7. The summed E-state index contributed by atoms with van der Waals surface area (Å²) in [5.74, 6) is 0.679. The van der Waals surface area contributed by atoms with Crippen LogP contribution < -0.4 is 5.32 Å². The molecule has 0 radical (unpaired) electrons. The third-order valence-electron chi connectivity index (χ3n) is 4.62. The molecule has 2 atom stereocenters. The number of hydrogen-bond acceptors (Lipinski definition) is 4. The van der Waals surface area contributed by atoms with Crippen molar-refractivity contribution in [1.82, 2.24) is 10.2 Å². The first-order valence-corrected chi connectivity index (χ1v) is 8.38. The number of likely N-dealkylation sites (tertiary alicyclic amines) is 1. The van der Waals surface area contributed by atoms with Crippen molar-refractivity contribution in [3.8, 4) is 0 Å². The number of amides is 1. The van der Waals surface area contributed by atoms with E-state index in [0.29, 0.717) is 5.92 Å². The summed E-state index contributed by atoms with van der Waals surface area (Å²) in [6.07, 6.45) is 5.76. The van der Waals surface area contributed by atoms with Gasteiger partial charge in [0.15, 0.2) is 6.29 Å². The molecule has 0 spiro atoms. The van der Waals surface area contributed by atoms with Crippen LogP contribution in [-0.4, -0.2) is 56.0 Å². The largest absolute Gasteiger partial charge is 0.354 e. The molecule has 2 saturated heterocycles. The number of nitrogens with one attached hydrogen (secondary N) is 1. The van der Waals surface area contributed by atoms with Gasteiger partial charge in [0, 0.05) is 26.1 Å². The summed E-state index contributed by atoms with van der Waals surface area (Å²) in [5.41, 5.74) is 0. The average molecular weight is 298 g/mol. The van der Waals surface area contributed by atoms with Gasteiger partial charge in [-0.15, -0.1) is 0 Å². The molecule has 2 heterocycles. The Morgan fingerprint density at radius 2 is 2.10 bits per heavy atom. The Balaban J connectivity index is 1.57. The topological polar surface area (TPSA) is 50.8 Å². The second kappa shape index (κ2) is 8.71. The summed E-state index contributed by atoms with van der Waals surface area (Å²) in [6, 6.07) is 0.288. The Labute approximate surface area is 128 Å². The summed E-state index contributed by atoms with van der Waals surface area (Å²) in [4.78, 5) is 13.6. The zero-order valence-electron chi connectivity index (χ0n) is 13.5. The van der Waals surface area contributed by atoms with Gasteiger partial charge < -0.3 is 19.7 Å². The first-order chi connectivity index (χ1) is 10.1. The highest BCUT2D eigenvalue weighted by molar-refractivity contribution is 5.73. The van der Waals surface area contributed by atoms with E-state index in [1.165, 1.54) is 12.8 Å². The predicted octanol–water partition coefficient (Wildman–Crippen LogP) is 1.77. The maximum Gasteiger partial charge on any atom is 0.217 e. The number of carbonyl (C=O) groups excluding carboxylic acids is 1. The van der Waals surface area contributed by atoms with Crippen molar-refractivity contribution >= 4 is 5.91 Å². The van der Waals surface area contributed by atoms with E-state index in [1.807, 2.05) is 0 Å². The third-order valence-corrected chi connectivity index (χ3v) is 4.62. The molecule has 5 heteroatoms. The molecule has 2 aliphatic heterocycles. The third kappa shape index (κ3) is 5.93. The van der Waals surface area contributed by atoms with E-state index in [4.69, 9.17) is 9.47 Å². The number of piperidine rings is 1. The average Bonchev–Trinajstić information content (AvgIpc) is 2.48. The Hall–Kier alpha value is -0.650. The van der Waals surface area contributed by atoms with Gasteiger partial charge in [0.05, 0.1) is 6.61 Å². The molecule has 2 rings (SSSR count). The van der Waals surface area contributed by atoms with Crippen LogP contribution >= 0.6 is 0 Å². The minimum Gasteiger partial charge on any atom is -0.354 e. The Kier molecular flexibility index (Phi) is 6.93. The molecule has 21 heavy (non-hydrogen) atoms. The van der Waals surface area contributed by atoms with E-state index in [-0.39, 0.29) is 18.2 Å². The zero-order chi connectivity index (χ0) is 15.1. The maximum absolute atomic E-state index is 11.1. The zero-order valence-corrected chi connectivity index (χ0v) is 13.5. The summed E-state index contributed by atoms with van der Waals surface area (Å²) >= 11 is 0. The molecule has 2 aliphatic rings.